The highest BCUT2D eigenvalue weighted by molar-refractivity contribution is 5.96. The van der Waals surface area contributed by atoms with Crippen LogP contribution in [0.5, 0.6) is 46.0 Å². The minimum Gasteiger partial charge on any atom is -0.491 e. The largest absolute Gasteiger partial charge is 0.491 e. The van der Waals surface area contributed by atoms with E-state index >= 15 is 0 Å². The fourth-order valence-electron chi connectivity index (χ4n) is 12.3. The van der Waals surface area contributed by atoms with Crippen LogP contribution in [0.2, 0.25) is 0 Å². The van der Waals surface area contributed by atoms with Crippen molar-refractivity contribution in [1.82, 2.24) is 10.6 Å². The van der Waals surface area contributed by atoms with Gasteiger partial charge in [0.1, 0.15) is 24.7 Å². The van der Waals surface area contributed by atoms with Crippen molar-refractivity contribution in [3.8, 4) is 46.0 Å². The second kappa shape index (κ2) is 57.3. The van der Waals surface area contributed by atoms with E-state index in [1.54, 1.807) is 0 Å². The lowest BCUT2D eigenvalue weighted by atomic mass is 9.99. The first-order valence-corrected chi connectivity index (χ1v) is 41.5. The summed E-state index contributed by atoms with van der Waals surface area (Å²) in [5.41, 5.74) is 9.58. The van der Waals surface area contributed by atoms with E-state index < -0.39 is 0 Å². The summed E-state index contributed by atoms with van der Waals surface area (Å²) < 4.78 is 62.8. The molecule has 0 aliphatic rings. The molecule has 15 heteroatoms. The lowest BCUT2D eigenvalue weighted by Crippen LogP contribution is -2.28. The third kappa shape index (κ3) is 43.0. The molecule has 4 rings (SSSR count). The number of hydrogen-bond acceptors (Lipinski definition) is 13. The van der Waals surface area contributed by atoms with Crippen LogP contribution in [0.3, 0.4) is 0 Å². The van der Waals surface area contributed by atoms with Gasteiger partial charge in [0.05, 0.1) is 72.1 Å². The molecule has 0 heterocycles. The maximum atomic E-state index is 13.8. The van der Waals surface area contributed by atoms with E-state index in [4.69, 9.17) is 53.1 Å². The zero-order valence-electron chi connectivity index (χ0n) is 67.6. The van der Waals surface area contributed by atoms with Gasteiger partial charge >= 0.3 is 0 Å². The molecular formula is C89H147N3O12. The molecule has 590 valence electrons. The fourth-order valence-corrected chi connectivity index (χ4v) is 12.3. The standard InChI is InChI=1S/C89H147N3O12/c1-69(2)37-25-13-19-31-53-99-81-65-77(66-82(100-54-32-20-14-26-38-70(3)4)86(81)103-57-35-23-17-29-41-73(9)10)88(93)91-51-59-95-61-63-97-79-47-43-75(44-48-79)85(90)76-45-49-80(50-46-76)98-64-62-96-60-52-92-89(94)78-67-83(101-55-33-21-15-27-39-71(5)6)87(104-58-36-24-18-30-42-74(11)12)84(68-78)102-56-34-22-16-28-40-72(7)8/h43-50,65-74,85H,13-42,51-64,90H2,1-12H3,(H,91,93)(H,92,94). The number of carbonyl (C=O) groups excluding carboxylic acids is 2. The first kappa shape index (κ1) is 90.5. The van der Waals surface area contributed by atoms with Crippen molar-refractivity contribution in [2.24, 2.45) is 41.2 Å². The van der Waals surface area contributed by atoms with Crippen LogP contribution in [-0.2, 0) is 9.47 Å². The summed E-state index contributed by atoms with van der Waals surface area (Å²) in [6.07, 6.45) is 34.1. The molecule has 0 unspecified atom stereocenters. The summed E-state index contributed by atoms with van der Waals surface area (Å²) in [5.74, 6) is 8.69. The SMILES string of the molecule is CC(C)CCCCCCOc1cc(C(=O)NCCOCCOc2ccc(C(N)c3ccc(OCCOCCNC(=O)c4cc(OCCCCCCC(C)C)c(OCCCCCCC(C)C)c(OCCCCCCC(C)C)c4)cc3)cc2)cc(OCCCCCCC(C)C)c1OCCCCCCC(C)C. The first-order valence-electron chi connectivity index (χ1n) is 41.5. The molecule has 0 saturated carbocycles. The van der Waals surface area contributed by atoms with E-state index in [9.17, 15) is 9.59 Å². The van der Waals surface area contributed by atoms with Crippen LogP contribution in [-0.4, -0.2) is 104 Å². The van der Waals surface area contributed by atoms with Crippen LogP contribution in [0.25, 0.3) is 0 Å². The van der Waals surface area contributed by atoms with Crippen molar-refractivity contribution >= 4 is 11.8 Å². The molecule has 0 aromatic heterocycles. The summed E-state index contributed by atoms with van der Waals surface area (Å²) in [4.78, 5) is 27.6. The van der Waals surface area contributed by atoms with Crippen LogP contribution in [0.15, 0.2) is 72.8 Å². The van der Waals surface area contributed by atoms with Gasteiger partial charge in [0.15, 0.2) is 23.0 Å². The molecule has 0 bridgehead atoms. The Balaban J connectivity index is 1.23. The number of unbranched alkanes of at least 4 members (excludes halogenated alkanes) is 18. The minimum atomic E-state index is -0.352. The lowest BCUT2D eigenvalue weighted by Gasteiger charge is -2.19. The molecular weight excluding hydrogens is 1300 g/mol. The lowest BCUT2D eigenvalue weighted by molar-refractivity contribution is 0.0861. The second-order valence-corrected chi connectivity index (χ2v) is 31.3. The Morgan fingerprint density at radius 3 is 0.779 bits per heavy atom. The maximum Gasteiger partial charge on any atom is 0.251 e. The van der Waals surface area contributed by atoms with Crippen LogP contribution < -0.4 is 54.3 Å². The van der Waals surface area contributed by atoms with E-state index in [-0.39, 0.29) is 17.9 Å². The van der Waals surface area contributed by atoms with Gasteiger partial charge in [-0.25, -0.2) is 0 Å². The van der Waals surface area contributed by atoms with Crippen molar-refractivity contribution in [3.05, 3.63) is 95.1 Å². The molecule has 4 N–H and O–H groups in total. The number of nitrogens with one attached hydrogen (secondary N) is 2. The summed E-state index contributed by atoms with van der Waals surface area (Å²) in [7, 11) is 0. The van der Waals surface area contributed by atoms with Gasteiger partial charge in [-0.3, -0.25) is 9.59 Å². The van der Waals surface area contributed by atoms with E-state index in [1.807, 2.05) is 72.8 Å². The smallest absolute Gasteiger partial charge is 0.251 e. The van der Waals surface area contributed by atoms with Gasteiger partial charge in [-0.15, -0.1) is 0 Å². The molecule has 0 atom stereocenters. The highest BCUT2D eigenvalue weighted by Gasteiger charge is 2.22. The third-order valence-electron chi connectivity index (χ3n) is 18.7. The minimum absolute atomic E-state index is 0.223. The van der Waals surface area contributed by atoms with Crippen LogP contribution in [0.4, 0.5) is 0 Å². The topological polar surface area (TPSA) is 177 Å². The monoisotopic (exact) mass is 1450 g/mol. The van der Waals surface area contributed by atoms with E-state index in [1.165, 1.54) is 116 Å². The Morgan fingerprint density at radius 1 is 0.288 bits per heavy atom. The Kier molecular flexibility index (Phi) is 49.9. The van der Waals surface area contributed by atoms with Crippen molar-refractivity contribution < 1.29 is 57.0 Å². The molecule has 0 aliphatic carbocycles. The van der Waals surface area contributed by atoms with Gasteiger partial charge in [-0.05, 0) is 134 Å². The fraction of sp³-hybridized carbons (Fsp3) is 0.708. The Labute approximate surface area is 632 Å². The van der Waals surface area contributed by atoms with E-state index in [0.29, 0.717) is 173 Å². The average molecular weight is 1450 g/mol. The third-order valence-corrected chi connectivity index (χ3v) is 18.7. The quantitative estimate of drug-likeness (QED) is 0.0356. The second-order valence-electron chi connectivity index (χ2n) is 31.3. The number of amides is 2. The number of carbonyl (C=O) groups is 2. The van der Waals surface area contributed by atoms with E-state index in [2.05, 4.69) is 93.7 Å². The molecule has 2 amide bonds. The Bertz CT molecular complexity index is 2510. The zero-order valence-corrected chi connectivity index (χ0v) is 67.6. The molecule has 0 spiro atoms. The van der Waals surface area contributed by atoms with Gasteiger partial charge in [-0.2, -0.15) is 0 Å². The van der Waals surface area contributed by atoms with E-state index in [0.717, 1.165) is 100 Å². The normalized spacial score (nSPS) is 11.7. The first-order chi connectivity index (χ1) is 50.4. The predicted octanol–water partition coefficient (Wildman–Crippen LogP) is 22.3. The molecule has 104 heavy (non-hydrogen) atoms. The predicted molar refractivity (Wildman–Crippen MR) is 430 cm³/mol. The van der Waals surface area contributed by atoms with Crippen LogP contribution in [0.1, 0.15) is 314 Å². The molecule has 4 aromatic rings. The van der Waals surface area contributed by atoms with Gasteiger partial charge in [0.2, 0.25) is 11.5 Å². The van der Waals surface area contributed by atoms with Gasteiger partial charge in [-0.1, -0.05) is 261 Å². The van der Waals surface area contributed by atoms with Crippen molar-refractivity contribution in [1.29, 1.82) is 0 Å². The summed E-state index contributed by atoms with van der Waals surface area (Å²) in [6.45, 7) is 33.3. The van der Waals surface area contributed by atoms with Gasteiger partial charge in [0.25, 0.3) is 11.8 Å². The molecule has 0 aliphatic heterocycles. The molecule has 4 aromatic carbocycles. The van der Waals surface area contributed by atoms with Crippen LogP contribution >= 0.6 is 0 Å². The van der Waals surface area contributed by atoms with Crippen LogP contribution in [0, 0.1) is 35.5 Å². The maximum absolute atomic E-state index is 13.8. The number of rotatable bonds is 66. The van der Waals surface area contributed by atoms with Gasteiger partial charge < -0.3 is 63.7 Å². The Morgan fingerprint density at radius 2 is 0.529 bits per heavy atom. The molecule has 15 nitrogen and oxygen atoms in total. The molecule has 0 radical (unpaired) electrons. The highest BCUT2D eigenvalue weighted by atomic mass is 16.6. The average Bonchev–Trinajstić information content (AvgIpc) is 0.827. The summed E-state index contributed by atoms with van der Waals surface area (Å²) in [5, 5.41) is 6.09. The number of ether oxygens (including phenoxy) is 10. The summed E-state index contributed by atoms with van der Waals surface area (Å²) in [6, 6.07) is 22.5. The number of benzene rings is 4. The summed E-state index contributed by atoms with van der Waals surface area (Å²) >= 11 is 0. The molecule has 0 saturated heterocycles. The Hall–Kier alpha value is -5.90. The van der Waals surface area contributed by atoms with Gasteiger partial charge in [0, 0.05) is 24.2 Å². The molecule has 0 fully saturated rings. The highest BCUT2D eigenvalue weighted by Crippen LogP contribution is 2.42. The number of hydrogen-bond donors (Lipinski definition) is 3. The zero-order chi connectivity index (χ0) is 75.2. The van der Waals surface area contributed by atoms with Crippen molar-refractivity contribution in [2.75, 3.05) is 92.4 Å². The number of nitrogens with two attached hydrogens (primary N) is 1. The van der Waals surface area contributed by atoms with Crippen molar-refractivity contribution in [2.45, 2.75) is 282 Å². The van der Waals surface area contributed by atoms with Crippen molar-refractivity contribution in [3.63, 3.8) is 0 Å².